The van der Waals surface area contributed by atoms with Crippen molar-refractivity contribution in [1.29, 1.82) is 5.26 Å². The molecule has 2 heteroatoms. The lowest BCUT2D eigenvalue weighted by molar-refractivity contribution is -0.124. The van der Waals surface area contributed by atoms with Crippen LogP contribution in [0.2, 0.25) is 0 Å². The molecule has 0 aromatic carbocycles. The average Bonchev–Trinajstić information content (AvgIpc) is 2.84. The van der Waals surface area contributed by atoms with Crippen LogP contribution in [0.3, 0.4) is 0 Å². The zero-order valence-electron chi connectivity index (χ0n) is 14.2. The average molecular weight is 301 g/mol. The van der Waals surface area contributed by atoms with E-state index in [0.29, 0.717) is 16.7 Å². The summed E-state index contributed by atoms with van der Waals surface area (Å²) in [5.74, 6) is 3.55. The number of aliphatic hydroxyl groups excluding tert-OH is 1. The van der Waals surface area contributed by atoms with Crippen molar-refractivity contribution in [3.8, 4) is 6.07 Å². The van der Waals surface area contributed by atoms with Crippen LogP contribution in [-0.4, -0.2) is 11.2 Å². The molecule has 0 spiro atoms. The molecule has 4 aliphatic rings. The summed E-state index contributed by atoms with van der Waals surface area (Å²) in [6.45, 7) is 4.97. The summed E-state index contributed by atoms with van der Waals surface area (Å²) in [5, 5.41) is 19.6. The Labute approximate surface area is 135 Å². The molecular formula is C20H31NO. The Hall–Kier alpha value is -0.550. The molecule has 4 aliphatic carbocycles. The van der Waals surface area contributed by atoms with Gasteiger partial charge in [0.1, 0.15) is 0 Å². The predicted octanol–water partition coefficient (Wildman–Crippen LogP) is 4.53. The van der Waals surface area contributed by atoms with Crippen LogP contribution in [0.1, 0.15) is 71.6 Å². The Morgan fingerprint density at radius 1 is 0.909 bits per heavy atom. The van der Waals surface area contributed by atoms with E-state index in [-0.39, 0.29) is 6.10 Å². The van der Waals surface area contributed by atoms with E-state index in [9.17, 15) is 10.4 Å². The fraction of sp³-hybridized carbons (Fsp3) is 0.950. The summed E-state index contributed by atoms with van der Waals surface area (Å²) in [5.41, 5.74) is 0.765. The normalized spacial score (nSPS) is 57.4. The van der Waals surface area contributed by atoms with Gasteiger partial charge in [-0.25, -0.2) is 0 Å². The molecule has 0 radical (unpaired) electrons. The van der Waals surface area contributed by atoms with Crippen molar-refractivity contribution in [3.63, 3.8) is 0 Å². The van der Waals surface area contributed by atoms with Crippen LogP contribution >= 0.6 is 0 Å². The molecular weight excluding hydrogens is 270 g/mol. The molecule has 1 N–H and O–H groups in total. The lowest BCUT2D eigenvalue weighted by Crippen LogP contribution is -2.53. The molecule has 4 saturated carbocycles. The summed E-state index contributed by atoms with van der Waals surface area (Å²) >= 11 is 0. The fourth-order valence-electron chi connectivity index (χ4n) is 7.45. The second kappa shape index (κ2) is 4.97. The zero-order valence-corrected chi connectivity index (χ0v) is 14.2. The van der Waals surface area contributed by atoms with Crippen LogP contribution < -0.4 is 0 Å². The second-order valence-corrected chi connectivity index (χ2v) is 9.39. The van der Waals surface area contributed by atoms with Crippen LogP contribution in [0.25, 0.3) is 0 Å². The van der Waals surface area contributed by atoms with Gasteiger partial charge in [0.15, 0.2) is 0 Å². The van der Waals surface area contributed by atoms with Crippen LogP contribution in [0.4, 0.5) is 0 Å². The lowest BCUT2D eigenvalue weighted by Gasteiger charge is -2.60. The van der Waals surface area contributed by atoms with E-state index in [1.807, 2.05) is 0 Å². The first-order valence-corrected chi connectivity index (χ1v) is 9.56. The standard InChI is InChI=1S/C20H31NO/c1-19-9-7-15(22)11-13(19)3-5-16-17-6-4-14(12-21)20(17,2)10-8-18(16)19/h13-18,22H,3-11H2,1-2H3/t13-,14-,15+,16-,17-,18-,19-,20+/m0/s1. The van der Waals surface area contributed by atoms with Gasteiger partial charge in [0, 0.05) is 0 Å². The van der Waals surface area contributed by atoms with Gasteiger partial charge in [0.2, 0.25) is 0 Å². The van der Waals surface area contributed by atoms with Crippen LogP contribution in [0.15, 0.2) is 0 Å². The summed E-state index contributed by atoms with van der Waals surface area (Å²) in [6.07, 6.45) is 10.9. The van der Waals surface area contributed by atoms with E-state index in [1.165, 1.54) is 38.5 Å². The summed E-state index contributed by atoms with van der Waals surface area (Å²) < 4.78 is 0. The molecule has 0 saturated heterocycles. The van der Waals surface area contributed by atoms with Gasteiger partial charge < -0.3 is 5.11 Å². The molecule has 22 heavy (non-hydrogen) atoms. The van der Waals surface area contributed by atoms with E-state index in [2.05, 4.69) is 19.9 Å². The predicted molar refractivity (Wildman–Crippen MR) is 86.8 cm³/mol. The van der Waals surface area contributed by atoms with Crippen molar-refractivity contribution in [2.45, 2.75) is 77.7 Å². The Morgan fingerprint density at radius 2 is 1.64 bits per heavy atom. The van der Waals surface area contributed by atoms with Crippen molar-refractivity contribution < 1.29 is 5.11 Å². The first-order valence-electron chi connectivity index (χ1n) is 9.56. The maximum atomic E-state index is 10.1. The van der Waals surface area contributed by atoms with E-state index >= 15 is 0 Å². The molecule has 0 amide bonds. The highest BCUT2D eigenvalue weighted by molar-refractivity contribution is 5.12. The molecule has 8 atom stereocenters. The van der Waals surface area contributed by atoms with Crippen molar-refractivity contribution in [3.05, 3.63) is 0 Å². The van der Waals surface area contributed by atoms with Crippen LogP contribution in [0.5, 0.6) is 0 Å². The number of aliphatic hydroxyl groups is 1. The molecule has 0 bridgehead atoms. The number of hydrogen-bond acceptors (Lipinski definition) is 2. The minimum Gasteiger partial charge on any atom is -0.393 e. The molecule has 4 fully saturated rings. The third kappa shape index (κ3) is 1.87. The fourth-order valence-corrected chi connectivity index (χ4v) is 7.45. The zero-order chi connectivity index (χ0) is 15.5. The maximum absolute atomic E-state index is 10.1. The van der Waals surface area contributed by atoms with Crippen molar-refractivity contribution >= 4 is 0 Å². The quantitative estimate of drug-likeness (QED) is 0.714. The van der Waals surface area contributed by atoms with Crippen LogP contribution in [-0.2, 0) is 0 Å². The SMILES string of the molecule is C[C@]12CC[C@@H](O)C[C@@H]1CC[C@@H]1[C@@H]2CC[C@]2(C)[C@H](C#N)CC[C@@H]12. The smallest absolute Gasteiger partial charge is 0.0661 e. The number of rotatable bonds is 0. The molecule has 0 aromatic rings. The monoisotopic (exact) mass is 301 g/mol. The largest absolute Gasteiger partial charge is 0.393 e. The maximum Gasteiger partial charge on any atom is 0.0661 e. The Balaban J connectivity index is 1.62. The number of nitrogens with zero attached hydrogens (tertiary/aromatic N) is 1. The van der Waals surface area contributed by atoms with E-state index in [4.69, 9.17) is 0 Å². The molecule has 2 nitrogen and oxygen atoms in total. The highest BCUT2D eigenvalue weighted by Crippen LogP contribution is 2.67. The summed E-state index contributed by atoms with van der Waals surface area (Å²) in [6, 6.07) is 2.64. The lowest BCUT2D eigenvalue weighted by atomic mass is 9.45. The first kappa shape index (κ1) is 15.0. The van der Waals surface area contributed by atoms with Crippen molar-refractivity contribution in [1.82, 2.24) is 0 Å². The van der Waals surface area contributed by atoms with Gasteiger partial charge >= 0.3 is 0 Å². The molecule has 122 valence electrons. The summed E-state index contributed by atoms with van der Waals surface area (Å²) in [7, 11) is 0. The Morgan fingerprint density at radius 3 is 2.41 bits per heavy atom. The minimum absolute atomic E-state index is 0.0436. The Kier molecular flexibility index (Phi) is 3.39. The van der Waals surface area contributed by atoms with Gasteiger partial charge in [0.05, 0.1) is 18.1 Å². The third-order valence-electron chi connectivity index (χ3n) is 8.79. The van der Waals surface area contributed by atoms with Gasteiger partial charge in [-0.15, -0.1) is 0 Å². The topological polar surface area (TPSA) is 44.0 Å². The second-order valence-electron chi connectivity index (χ2n) is 9.39. The third-order valence-corrected chi connectivity index (χ3v) is 8.79. The van der Waals surface area contributed by atoms with Gasteiger partial charge in [-0.1, -0.05) is 13.8 Å². The van der Waals surface area contributed by atoms with Gasteiger partial charge in [-0.05, 0) is 92.3 Å². The number of nitriles is 1. The van der Waals surface area contributed by atoms with E-state index in [0.717, 1.165) is 42.9 Å². The Bertz CT molecular complexity index is 496. The molecule has 0 aliphatic heterocycles. The molecule has 4 rings (SSSR count). The number of hydrogen-bond donors (Lipinski definition) is 1. The summed E-state index contributed by atoms with van der Waals surface area (Å²) in [4.78, 5) is 0. The van der Waals surface area contributed by atoms with Crippen molar-refractivity contribution in [2.24, 2.45) is 40.4 Å². The molecule has 0 unspecified atom stereocenters. The van der Waals surface area contributed by atoms with E-state index < -0.39 is 0 Å². The number of fused-ring (bicyclic) bond motifs is 5. The first-order chi connectivity index (χ1) is 10.5. The van der Waals surface area contributed by atoms with Crippen LogP contribution in [0, 0.1) is 51.8 Å². The molecule has 0 heterocycles. The van der Waals surface area contributed by atoms with Gasteiger partial charge in [0.25, 0.3) is 0 Å². The van der Waals surface area contributed by atoms with E-state index in [1.54, 1.807) is 0 Å². The van der Waals surface area contributed by atoms with Gasteiger partial charge in [-0.2, -0.15) is 5.26 Å². The molecule has 0 aromatic heterocycles. The van der Waals surface area contributed by atoms with Gasteiger partial charge in [-0.3, -0.25) is 0 Å². The van der Waals surface area contributed by atoms with Crippen molar-refractivity contribution in [2.75, 3.05) is 0 Å². The highest BCUT2D eigenvalue weighted by atomic mass is 16.3. The highest BCUT2D eigenvalue weighted by Gasteiger charge is 2.60. The minimum atomic E-state index is -0.0436.